The van der Waals surface area contributed by atoms with E-state index in [-0.39, 0.29) is 5.69 Å². The molecule has 0 bridgehead atoms. The van der Waals surface area contributed by atoms with Gasteiger partial charge < -0.3 is 14.9 Å². The SMILES string of the molecule is CCOC(=O)c1cn2cc(-c3cccc(N)n3)ccc2n1. The third-order valence-electron chi connectivity index (χ3n) is 3.00. The minimum atomic E-state index is -0.426. The molecule has 0 aliphatic carbocycles. The van der Waals surface area contributed by atoms with Crippen LogP contribution in [-0.2, 0) is 4.74 Å². The average molecular weight is 282 g/mol. The molecule has 3 heterocycles. The summed E-state index contributed by atoms with van der Waals surface area (Å²) in [5.41, 5.74) is 8.31. The van der Waals surface area contributed by atoms with Crippen molar-refractivity contribution in [1.82, 2.24) is 14.4 Å². The molecular formula is C15H14N4O2. The Hall–Kier alpha value is -2.89. The van der Waals surface area contributed by atoms with Gasteiger partial charge in [-0.15, -0.1) is 0 Å². The number of pyridine rings is 2. The molecule has 0 amide bonds. The molecule has 0 aromatic carbocycles. The number of nitrogens with two attached hydrogens (primary N) is 1. The molecule has 3 rings (SSSR count). The Morgan fingerprint density at radius 2 is 2.10 bits per heavy atom. The Balaban J connectivity index is 2.02. The summed E-state index contributed by atoms with van der Waals surface area (Å²) in [6, 6.07) is 9.17. The number of anilines is 1. The lowest BCUT2D eigenvalue weighted by atomic mass is 10.2. The summed E-state index contributed by atoms with van der Waals surface area (Å²) in [5, 5.41) is 0. The first-order valence-corrected chi connectivity index (χ1v) is 6.56. The number of carbonyl (C=O) groups excluding carboxylic acids is 1. The number of nitrogens with zero attached hydrogens (tertiary/aromatic N) is 3. The van der Waals surface area contributed by atoms with Gasteiger partial charge in [0.15, 0.2) is 5.69 Å². The normalized spacial score (nSPS) is 10.7. The van der Waals surface area contributed by atoms with E-state index >= 15 is 0 Å². The van der Waals surface area contributed by atoms with Crippen LogP contribution in [0.25, 0.3) is 16.9 Å². The predicted octanol–water partition coefficient (Wildman–Crippen LogP) is 2.16. The monoisotopic (exact) mass is 282 g/mol. The van der Waals surface area contributed by atoms with E-state index in [2.05, 4.69) is 9.97 Å². The zero-order valence-corrected chi connectivity index (χ0v) is 11.5. The molecule has 2 N–H and O–H groups in total. The molecule has 3 aromatic rings. The molecule has 0 fully saturated rings. The van der Waals surface area contributed by atoms with Gasteiger partial charge in [-0.2, -0.15) is 0 Å². The summed E-state index contributed by atoms with van der Waals surface area (Å²) in [5.74, 6) is 0.0373. The lowest BCUT2D eigenvalue weighted by molar-refractivity contribution is 0.0520. The lowest BCUT2D eigenvalue weighted by Crippen LogP contribution is -2.04. The Labute approximate surface area is 121 Å². The fourth-order valence-electron chi connectivity index (χ4n) is 2.06. The van der Waals surface area contributed by atoms with Crippen LogP contribution in [0, 0.1) is 0 Å². The van der Waals surface area contributed by atoms with Crippen LogP contribution in [0.1, 0.15) is 17.4 Å². The van der Waals surface area contributed by atoms with Crippen LogP contribution in [0.15, 0.2) is 42.7 Å². The van der Waals surface area contributed by atoms with Gasteiger partial charge in [0.2, 0.25) is 0 Å². The maximum Gasteiger partial charge on any atom is 0.358 e. The van der Waals surface area contributed by atoms with Crippen molar-refractivity contribution < 1.29 is 9.53 Å². The summed E-state index contributed by atoms with van der Waals surface area (Å²) < 4.78 is 6.71. The van der Waals surface area contributed by atoms with Gasteiger partial charge >= 0.3 is 5.97 Å². The number of nitrogen functional groups attached to an aromatic ring is 1. The molecule has 0 saturated carbocycles. The van der Waals surface area contributed by atoms with Crippen molar-refractivity contribution in [2.24, 2.45) is 0 Å². The molecule has 0 aliphatic heterocycles. The summed E-state index contributed by atoms with van der Waals surface area (Å²) in [7, 11) is 0. The molecular weight excluding hydrogens is 268 g/mol. The summed E-state index contributed by atoms with van der Waals surface area (Å²) >= 11 is 0. The van der Waals surface area contributed by atoms with Gasteiger partial charge in [-0.1, -0.05) is 6.07 Å². The minimum absolute atomic E-state index is 0.287. The molecule has 0 radical (unpaired) electrons. The Kier molecular flexibility index (Phi) is 3.27. The highest BCUT2D eigenvalue weighted by atomic mass is 16.5. The molecule has 3 aromatic heterocycles. The molecule has 6 heteroatoms. The van der Waals surface area contributed by atoms with E-state index in [0.29, 0.717) is 18.1 Å². The topological polar surface area (TPSA) is 82.5 Å². The number of fused-ring (bicyclic) bond motifs is 1. The zero-order chi connectivity index (χ0) is 14.8. The zero-order valence-electron chi connectivity index (χ0n) is 11.5. The average Bonchev–Trinajstić information content (AvgIpc) is 2.90. The van der Waals surface area contributed by atoms with Crippen LogP contribution in [0.3, 0.4) is 0 Å². The fraction of sp³-hybridized carbons (Fsp3) is 0.133. The molecule has 21 heavy (non-hydrogen) atoms. The number of imidazole rings is 1. The van der Waals surface area contributed by atoms with Crippen LogP contribution in [0.4, 0.5) is 5.82 Å². The van der Waals surface area contributed by atoms with Crippen molar-refractivity contribution in [2.45, 2.75) is 6.92 Å². The summed E-state index contributed by atoms with van der Waals surface area (Å²) in [4.78, 5) is 20.2. The molecule has 0 aliphatic rings. The fourth-order valence-corrected chi connectivity index (χ4v) is 2.06. The number of hydrogen-bond acceptors (Lipinski definition) is 5. The number of hydrogen-bond donors (Lipinski definition) is 1. The first kappa shape index (κ1) is 13.1. The molecule has 0 spiro atoms. The van der Waals surface area contributed by atoms with E-state index in [4.69, 9.17) is 10.5 Å². The van der Waals surface area contributed by atoms with Gasteiger partial charge in [-0.25, -0.2) is 14.8 Å². The highest BCUT2D eigenvalue weighted by molar-refractivity contribution is 5.88. The molecule has 106 valence electrons. The van der Waals surface area contributed by atoms with Gasteiger partial charge in [0.25, 0.3) is 0 Å². The van der Waals surface area contributed by atoms with E-state index in [1.807, 2.05) is 30.5 Å². The van der Waals surface area contributed by atoms with E-state index in [1.54, 1.807) is 23.6 Å². The molecule has 0 atom stereocenters. The highest BCUT2D eigenvalue weighted by Gasteiger charge is 2.12. The standard InChI is InChI=1S/C15H14N4O2/c1-2-21-15(20)12-9-19-8-10(6-7-14(19)18-12)11-4-3-5-13(16)17-11/h3-9H,2H2,1H3,(H2,16,17). The van der Waals surface area contributed by atoms with E-state index in [0.717, 1.165) is 11.3 Å². The summed E-state index contributed by atoms with van der Waals surface area (Å²) in [6.45, 7) is 2.09. The van der Waals surface area contributed by atoms with Crippen LogP contribution < -0.4 is 5.73 Å². The Morgan fingerprint density at radius 1 is 1.24 bits per heavy atom. The minimum Gasteiger partial charge on any atom is -0.461 e. The largest absolute Gasteiger partial charge is 0.461 e. The number of esters is 1. The Bertz CT molecular complexity index is 810. The van der Waals surface area contributed by atoms with Crippen LogP contribution in [0.2, 0.25) is 0 Å². The van der Waals surface area contributed by atoms with E-state index in [9.17, 15) is 4.79 Å². The van der Waals surface area contributed by atoms with Crippen molar-refractivity contribution in [3.8, 4) is 11.3 Å². The van der Waals surface area contributed by atoms with E-state index < -0.39 is 5.97 Å². The molecule has 6 nitrogen and oxygen atoms in total. The van der Waals surface area contributed by atoms with Gasteiger partial charge in [0, 0.05) is 18.0 Å². The van der Waals surface area contributed by atoms with Gasteiger partial charge in [0.05, 0.1) is 12.3 Å². The van der Waals surface area contributed by atoms with Crippen molar-refractivity contribution in [1.29, 1.82) is 0 Å². The smallest absolute Gasteiger partial charge is 0.358 e. The van der Waals surface area contributed by atoms with Gasteiger partial charge in [0.1, 0.15) is 11.5 Å². The second-order valence-corrected chi connectivity index (χ2v) is 4.48. The molecule has 0 unspecified atom stereocenters. The number of rotatable bonds is 3. The van der Waals surface area contributed by atoms with Crippen molar-refractivity contribution in [2.75, 3.05) is 12.3 Å². The van der Waals surface area contributed by atoms with Gasteiger partial charge in [-0.3, -0.25) is 0 Å². The number of carbonyl (C=O) groups is 1. The molecule has 0 saturated heterocycles. The summed E-state index contributed by atoms with van der Waals surface area (Å²) in [6.07, 6.45) is 3.50. The quantitative estimate of drug-likeness (QED) is 0.744. The Morgan fingerprint density at radius 3 is 2.86 bits per heavy atom. The maximum atomic E-state index is 11.7. The lowest BCUT2D eigenvalue weighted by Gasteiger charge is -2.02. The maximum absolute atomic E-state index is 11.7. The van der Waals surface area contributed by atoms with Crippen molar-refractivity contribution in [3.63, 3.8) is 0 Å². The number of ether oxygens (including phenoxy) is 1. The van der Waals surface area contributed by atoms with E-state index in [1.165, 1.54) is 0 Å². The van der Waals surface area contributed by atoms with Crippen molar-refractivity contribution in [3.05, 3.63) is 48.4 Å². The predicted molar refractivity (Wildman–Crippen MR) is 78.8 cm³/mol. The number of aromatic nitrogens is 3. The third-order valence-corrected chi connectivity index (χ3v) is 3.00. The first-order valence-electron chi connectivity index (χ1n) is 6.56. The second kappa shape index (κ2) is 5.24. The third kappa shape index (κ3) is 2.55. The van der Waals surface area contributed by atoms with Gasteiger partial charge in [-0.05, 0) is 31.2 Å². The van der Waals surface area contributed by atoms with Crippen LogP contribution >= 0.6 is 0 Å². The second-order valence-electron chi connectivity index (χ2n) is 4.48. The highest BCUT2D eigenvalue weighted by Crippen LogP contribution is 2.19. The van der Waals surface area contributed by atoms with Crippen LogP contribution in [-0.4, -0.2) is 26.9 Å². The van der Waals surface area contributed by atoms with Crippen LogP contribution in [0.5, 0.6) is 0 Å². The van der Waals surface area contributed by atoms with Crippen molar-refractivity contribution >= 4 is 17.4 Å². The first-order chi connectivity index (χ1) is 10.2.